The van der Waals surface area contributed by atoms with E-state index in [4.69, 9.17) is 9.84 Å². The molecule has 1 aromatic carbocycles. The van der Waals surface area contributed by atoms with Crippen LogP contribution in [0.5, 0.6) is 5.75 Å². The van der Waals surface area contributed by atoms with Crippen molar-refractivity contribution in [2.75, 3.05) is 26.3 Å². The van der Waals surface area contributed by atoms with E-state index in [1.165, 1.54) is 0 Å². The monoisotopic (exact) mass is 267 g/mol. The van der Waals surface area contributed by atoms with E-state index in [9.17, 15) is 5.11 Å². The van der Waals surface area contributed by atoms with Crippen molar-refractivity contribution < 1.29 is 14.9 Å². The topological polar surface area (TPSA) is 61.7 Å². The lowest BCUT2D eigenvalue weighted by atomic mass is 10.1. The number of ether oxygens (including phenoxy) is 1. The number of nitrogens with one attached hydrogen (secondary N) is 1. The second-order valence-electron chi connectivity index (χ2n) is 4.87. The second kappa shape index (κ2) is 8.91. The molecule has 0 aliphatic rings. The van der Waals surface area contributed by atoms with E-state index >= 15 is 0 Å². The van der Waals surface area contributed by atoms with Gasteiger partial charge in [0.15, 0.2) is 0 Å². The van der Waals surface area contributed by atoms with Gasteiger partial charge in [-0.25, -0.2) is 0 Å². The van der Waals surface area contributed by atoms with E-state index in [0.29, 0.717) is 6.54 Å². The predicted octanol–water partition coefficient (Wildman–Crippen LogP) is 1.41. The normalized spacial score (nSPS) is 12.4. The first kappa shape index (κ1) is 16.0. The summed E-state index contributed by atoms with van der Waals surface area (Å²) in [5.74, 6) is 0.833. The molecule has 1 unspecified atom stereocenters. The molecule has 0 aliphatic carbocycles. The highest BCUT2D eigenvalue weighted by Gasteiger charge is 2.06. The van der Waals surface area contributed by atoms with Gasteiger partial charge in [0.25, 0.3) is 0 Å². The Hall–Kier alpha value is -1.10. The summed E-state index contributed by atoms with van der Waals surface area (Å²) in [5.41, 5.74) is 2.23. The summed E-state index contributed by atoms with van der Waals surface area (Å²) < 4.78 is 5.63. The first-order valence-electron chi connectivity index (χ1n) is 6.83. The van der Waals surface area contributed by atoms with Crippen LogP contribution in [0.15, 0.2) is 18.2 Å². The van der Waals surface area contributed by atoms with Gasteiger partial charge in [-0.05, 0) is 50.4 Å². The molecule has 0 amide bonds. The molecule has 0 aromatic heterocycles. The van der Waals surface area contributed by atoms with Crippen LogP contribution in [0.25, 0.3) is 0 Å². The van der Waals surface area contributed by atoms with E-state index in [0.717, 1.165) is 36.3 Å². The molecular formula is C15H25NO3. The number of aliphatic hydroxyl groups excluding tert-OH is 2. The molecule has 1 atom stereocenters. The van der Waals surface area contributed by atoms with Crippen LogP contribution >= 0.6 is 0 Å². The molecule has 19 heavy (non-hydrogen) atoms. The number of aliphatic hydroxyl groups is 2. The van der Waals surface area contributed by atoms with Gasteiger partial charge in [-0.2, -0.15) is 0 Å². The molecule has 4 nitrogen and oxygen atoms in total. The number of unbranched alkanes of at least 4 members (excludes halogenated alkanes) is 1. The van der Waals surface area contributed by atoms with Crippen molar-refractivity contribution in [1.82, 2.24) is 5.32 Å². The Bertz CT molecular complexity index is 368. The minimum atomic E-state index is -0.519. The Balaban J connectivity index is 2.22. The quantitative estimate of drug-likeness (QED) is 0.592. The number of aryl methyl sites for hydroxylation is 2. The molecule has 0 aliphatic heterocycles. The maximum atomic E-state index is 9.79. The predicted molar refractivity (Wildman–Crippen MR) is 76.6 cm³/mol. The van der Waals surface area contributed by atoms with Crippen LogP contribution in [0, 0.1) is 13.8 Å². The summed E-state index contributed by atoms with van der Waals surface area (Å²) in [6, 6.07) is 6.04. The fourth-order valence-electron chi connectivity index (χ4n) is 1.74. The molecule has 3 N–H and O–H groups in total. The third-order valence-corrected chi connectivity index (χ3v) is 2.92. The minimum Gasteiger partial charge on any atom is -0.491 e. The molecule has 4 heteroatoms. The fraction of sp³-hybridized carbons (Fsp3) is 0.600. The lowest BCUT2D eigenvalue weighted by Crippen LogP contribution is -2.32. The van der Waals surface area contributed by atoms with E-state index in [1.807, 2.05) is 32.0 Å². The Morgan fingerprint density at radius 2 is 2.05 bits per heavy atom. The number of hydrogen-bond donors (Lipinski definition) is 3. The van der Waals surface area contributed by atoms with Crippen LogP contribution < -0.4 is 10.1 Å². The molecule has 108 valence electrons. The number of hydrogen-bond acceptors (Lipinski definition) is 4. The SMILES string of the molecule is Cc1ccc(C)c(OCC(O)CNCCCCO)c1. The summed E-state index contributed by atoms with van der Waals surface area (Å²) in [4.78, 5) is 0. The zero-order valence-corrected chi connectivity index (χ0v) is 11.9. The Morgan fingerprint density at radius 1 is 1.26 bits per heavy atom. The van der Waals surface area contributed by atoms with Gasteiger partial charge >= 0.3 is 0 Å². The van der Waals surface area contributed by atoms with Crippen molar-refractivity contribution in [3.63, 3.8) is 0 Å². The maximum absolute atomic E-state index is 9.79. The van der Waals surface area contributed by atoms with Gasteiger partial charge in [0.05, 0.1) is 0 Å². The van der Waals surface area contributed by atoms with Crippen molar-refractivity contribution in [1.29, 1.82) is 0 Å². The van der Waals surface area contributed by atoms with Gasteiger partial charge in [-0.1, -0.05) is 12.1 Å². The molecule has 0 radical (unpaired) electrons. The Kier molecular flexibility index (Phi) is 7.48. The second-order valence-corrected chi connectivity index (χ2v) is 4.87. The highest BCUT2D eigenvalue weighted by molar-refractivity contribution is 5.35. The lowest BCUT2D eigenvalue weighted by molar-refractivity contribution is 0.106. The molecular weight excluding hydrogens is 242 g/mol. The van der Waals surface area contributed by atoms with Gasteiger partial charge in [-0.15, -0.1) is 0 Å². The largest absolute Gasteiger partial charge is 0.491 e. The van der Waals surface area contributed by atoms with E-state index in [1.54, 1.807) is 0 Å². The smallest absolute Gasteiger partial charge is 0.122 e. The van der Waals surface area contributed by atoms with Gasteiger partial charge in [0, 0.05) is 13.2 Å². The van der Waals surface area contributed by atoms with Crippen molar-refractivity contribution in [2.45, 2.75) is 32.8 Å². The zero-order valence-electron chi connectivity index (χ0n) is 11.9. The number of benzene rings is 1. The Labute approximate surface area is 115 Å². The molecule has 0 saturated heterocycles. The summed E-state index contributed by atoms with van der Waals surface area (Å²) in [7, 11) is 0. The number of rotatable bonds is 9. The van der Waals surface area contributed by atoms with E-state index in [-0.39, 0.29) is 13.2 Å². The van der Waals surface area contributed by atoms with Crippen LogP contribution in [0.4, 0.5) is 0 Å². The van der Waals surface area contributed by atoms with E-state index < -0.39 is 6.10 Å². The lowest BCUT2D eigenvalue weighted by Gasteiger charge is -2.15. The third-order valence-electron chi connectivity index (χ3n) is 2.92. The molecule has 0 bridgehead atoms. The highest BCUT2D eigenvalue weighted by atomic mass is 16.5. The first-order chi connectivity index (χ1) is 9.13. The molecule has 0 spiro atoms. The Morgan fingerprint density at radius 3 is 2.79 bits per heavy atom. The first-order valence-corrected chi connectivity index (χ1v) is 6.83. The standard InChI is InChI=1S/C15H25NO3/c1-12-5-6-13(2)15(9-12)19-11-14(18)10-16-7-3-4-8-17/h5-6,9,14,16-18H,3-4,7-8,10-11H2,1-2H3. The summed E-state index contributed by atoms with van der Waals surface area (Å²) in [6.07, 6.45) is 1.19. The van der Waals surface area contributed by atoms with Crippen molar-refractivity contribution in [2.24, 2.45) is 0 Å². The molecule has 1 rings (SSSR count). The third kappa shape index (κ3) is 6.57. The highest BCUT2D eigenvalue weighted by Crippen LogP contribution is 2.19. The van der Waals surface area contributed by atoms with Crippen LogP contribution in [-0.4, -0.2) is 42.6 Å². The van der Waals surface area contributed by atoms with Gasteiger partial charge in [0.1, 0.15) is 18.5 Å². The molecule has 0 heterocycles. The van der Waals surface area contributed by atoms with Crippen LogP contribution in [0.1, 0.15) is 24.0 Å². The fourth-order valence-corrected chi connectivity index (χ4v) is 1.74. The van der Waals surface area contributed by atoms with Gasteiger partial charge in [0.2, 0.25) is 0 Å². The van der Waals surface area contributed by atoms with Crippen molar-refractivity contribution in [3.05, 3.63) is 29.3 Å². The molecule has 1 aromatic rings. The van der Waals surface area contributed by atoms with Crippen molar-refractivity contribution >= 4 is 0 Å². The van der Waals surface area contributed by atoms with Gasteiger partial charge < -0.3 is 20.3 Å². The maximum Gasteiger partial charge on any atom is 0.122 e. The minimum absolute atomic E-state index is 0.222. The average molecular weight is 267 g/mol. The molecule has 0 fully saturated rings. The van der Waals surface area contributed by atoms with Gasteiger partial charge in [-0.3, -0.25) is 0 Å². The zero-order chi connectivity index (χ0) is 14.1. The summed E-state index contributed by atoms with van der Waals surface area (Å²) >= 11 is 0. The van der Waals surface area contributed by atoms with E-state index in [2.05, 4.69) is 5.32 Å². The molecule has 0 saturated carbocycles. The van der Waals surface area contributed by atoms with Crippen molar-refractivity contribution in [3.8, 4) is 5.75 Å². The van der Waals surface area contributed by atoms with Crippen LogP contribution in [-0.2, 0) is 0 Å². The summed E-state index contributed by atoms with van der Waals surface area (Å²) in [6.45, 7) is 5.84. The average Bonchev–Trinajstić information content (AvgIpc) is 2.39. The van der Waals surface area contributed by atoms with Crippen LogP contribution in [0.3, 0.4) is 0 Å². The summed E-state index contributed by atoms with van der Waals surface area (Å²) in [5, 5.41) is 21.6. The van der Waals surface area contributed by atoms with Crippen LogP contribution in [0.2, 0.25) is 0 Å².